The molecule has 5 heteroatoms. The largest absolute Gasteiger partial charge is 0.480 e. The summed E-state index contributed by atoms with van der Waals surface area (Å²) in [7, 11) is 2.08. The van der Waals surface area contributed by atoms with Gasteiger partial charge in [0.25, 0.3) is 0 Å². The second-order valence-corrected chi connectivity index (χ2v) is 4.73. The summed E-state index contributed by atoms with van der Waals surface area (Å²) in [6.07, 6.45) is 0.968. The monoisotopic (exact) mass is 265 g/mol. The molecule has 5 nitrogen and oxygen atoms in total. The number of nitrogens with one attached hydrogen (secondary N) is 1. The fraction of sp³-hybridized carbons (Fsp3) is 0.500. The molecule has 0 bridgehead atoms. The van der Waals surface area contributed by atoms with Crippen molar-refractivity contribution in [2.75, 3.05) is 26.7 Å². The highest BCUT2D eigenvalue weighted by Crippen LogP contribution is 2.02. The van der Waals surface area contributed by atoms with Gasteiger partial charge in [-0.1, -0.05) is 30.3 Å². The molecule has 0 saturated carbocycles. The van der Waals surface area contributed by atoms with Crippen LogP contribution in [0.2, 0.25) is 0 Å². The van der Waals surface area contributed by atoms with Crippen LogP contribution in [0.1, 0.15) is 12.0 Å². The Balaban J connectivity index is 2.08. The van der Waals surface area contributed by atoms with Crippen molar-refractivity contribution in [3.8, 4) is 0 Å². The van der Waals surface area contributed by atoms with Gasteiger partial charge in [-0.15, -0.1) is 0 Å². The zero-order chi connectivity index (χ0) is 14.1. The van der Waals surface area contributed by atoms with Gasteiger partial charge < -0.3 is 21.1 Å². The first-order valence-corrected chi connectivity index (χ1v) is 6.51. The zero-order valence-corrected chi connectivity index (χ0v) is 11.4. The van der Waals surface area contributed by atoms with Crippen LogP contribution in [-0.4, -0.2) is 48.7 Å². The lowest BCUT2D eigenvalue weighted by Gasteiger charge is -2.17. The third-order valence-electron chi connectivity index (χ3n) is 2.87. The van der Waals surface area contributed by atoms with Gasteiger partial charge in [-0.2, -0.15) is 0 Å². The van der Waals surface area contributed by atoms with Gasteiger partial charge in [-0.25, -0.2) is 0 Å². The second kappa shape index (κ2) is 8.63. The molecule has 19 heavy (non-hydrogen) atoms. The molecular weight excluding hydrogens is 242 g/mol. The van der Waals surface area contributed by atoms with E-state index >= 15 is 0 Å². The minimum absolute atomic E-state index is 0.317. The number of aliphatic carboxylic acids is 1. The second-order valence-electron chi connectivity index (χ2n) is 4.73. The lowest BCUT2D eigenvalue weighted by Crippen LogP contribution is -2.40. The van der Waals surface area contributed by atoms with Gasteiger partial charge in [-0.3, -0.25) is 4.79 Å². The van der Waals surface area contributed by atoms with Crippen molar-refractivity contribution in [1.29, 1.82) is 0 Å². The Morgan fingerprint density at radius 1 is 1.42 bits per heavy atom. The topological polar surface area (TPSA) is 78.6 Å². The van der Waals surface area contributed by atoms with E-state index in [-0.39, 0.29) is 0 Å². The minimum Gasteiger partial charge on any atom is -0.480 e. The third kappa shape index (κ3) is 6.91. The number of nitrogens with zero attached hydrogens (tertiary/aromatic N) is 1. The molecule has 0 heterocycles. The van der Waals surface area contributed by atoms with Crippen molar-refractivity contribution in [3.63, 3.8) is 0 Å². The highest BCUT2D eigenvalue weighted by molar-refractivity contribution is 5.73. The van der Waals surface area contributed by atoms with Crippen LogP contribution in [-0.2, 0) is 11.3 Å². The first-order chi connectivity index (χ1) is 9.09. The third-order valence-corrected chi connectivity index (χ3v) is 2.87. The Bertz CT molecular complexity index is 370. The maximum Gasteiger partial charge on any atom is 0.321 e. The minimum atomic E-state index is -0.964. The molecule has 1 atom stereocenters. The summed E-state index contributed by atoms with van der Waals surface area (Å²) in [5.41, 5.74) is 6.69. The van der Waals surface area contributed by atoms with Crippen molar-refractivity contribution in [2.45, 2.75) is 19.0 Å². The van der Waals surface area contributed by atoms with Gasteiger partial charge in [-0.05, 0) is 32.1 Å². The predicted octanol–water partition coefficient (Wildman–Crippen LogP) is 0.510. The number of carbonyl (C=O) groups is 1. The van der Waals surface area contributed by atoms with Gasteiger partial charge >= 0.3 is 5.97 Å². The van der Waals surface area contributed by atoms with E-state index in [1.165, 1.54) is 5.56 Å². The number of carboxylic acids is 1. The van der Waals surface area contributed by atoms with E-state index < -0.39 is 12.0 Å². The molecule has 0 aliphatic carbocycles. The van der Waals surface area contributed by atoms with E-state index in [9.17, 15) is 4.79 Å². The van der Waals surface area contributed by atoms with Crippen molar-refractivity contribution >= 4 is 5.97 Å². The standard InChI is InChI=1S/C14H23N3O2/c1-17(11-12-6-3-2-4-7-12)9-5-8-16-10-13(15)14(18)19/h2-4,6-7,13,16H,5,8-11,15H2,1H3,(H,18,19). The van der Waals surface area contributed by atoms with Crippen LogP contribution >= 0.6 is 0 Å². The van der Waals surface area contributed by atoms with Gasteiger partial charge in [0, 0.05) is 13.1 Å². The fourth-order valence-electron chi connectivity index (χ4n) is 1.79. The maximum absolute atomic E-state index is 10.5. The number of rotatable bonds is 9. The molecule has 0 saturated heterocycles. The number of hydrogen-bond donors (Lipinski definition) is 3. The summed E-state index contributed by atoms with van der Waals surface area (Å²) >= 11 is 0. The quantitative estimate of drug-likeness (QED) is 0.567. The zero-order valence-electron chi connectivity index (χ0n) is 11.4. The summed E-state index contributed by atoms with van der Waals surface area (Å²) in [6, 6.07) is 9.50. The van der Waals surface area contributed by atoms with E-state index in [0.29, 0.717) is 6.54 Å². The molecule has 0 spiro atoms. The highest BCUT2D eigenvalue weighted by atomic mass is 16.4. The molecule has 106 valence electrons. The van der Waals surface area contributed by atoms with Crippen molar-refractivity contribution < 1.29 is 9.90 Å². The Labute approximate surface area is 114 Å². The molecule has 0 aromatic heterocycles. The van der Waals surface area contributed by atoms with Gasteiger partial charge in [0.15, 0.2) is 0 Å². The van der Waals surface area contributed by atoms with E-state index in [2.05, 4.69) is 29.4 Å². The van der Waals surface area contributed by atoms with Gasteiger partial charge in [0.05, 0.1) is 0 Å². The molecule has 0 aliphatic heterocycles. The Kier molecular flexibility index (Phi) is 7.10. The molecule has 1 rings (SSSR count). The van der Waals surface area contributed by atoms with E-state index in [1.807, 2.05) is 18.2 Å². The molecule has 0 fully saturated rings. The molecular formula is C14H23N3O2. The SMILES string of the molecule is CN(CCCNCC(N)C(=O)O)Cc1ccccc1. The number of benzene rings is 1. The van der Waals surface area contributed by atoms with Crippen LogP contribution in [0, 0.1) is 0 Å². The van der Waals surface area contributed by atoms with E-state index in [4.69, 9.17) is 10.8 Å². The maximum atomic E-state index is 10.5. The Morgan fingerprint density at radius 2 is 2.11 bits per heavy atom. The van der Waals surface area contributed by atoms with Crippen molar-refractivity contribution in [3.05, 3.63) is 35.9 Å². The van der Waals surface area contributed by atoms with Crippen LogP contribution in [0.15, 0.2) is 30.3 Å². The molecule has 1 aromatic rings. The van der Waals surface area contributed by atoms with Crippen LogP contribution in [0.25, 0.3) is 0 Å². The number of hydrogen-bond acceptors (Lipinski definition) is 4. The van der Waals surface area contributed by atoms with Crippen LogP contribution < -0.4 is 11.1 Å². The van der Waals surface area contributed by atoms with Crippen LogP contribution in [0.5, 0.6) is 0 Å². The number of nitrogens with two attached hydrogens (primary N) is 1. The lowest BCUT2D eigenvalue weighted by atomic mass is 10.2. The molecule has 0 aliphatic rings. The molecule has 1 unspecified atom stereocenters. The van der Waals surface area contributed by atoms with Crippen molar-refractivity contribution in [2.24, 2.45) is 5.73 Å². The summed E-state index contributed by atoms with van der Waals surface area (Å²) in [6.45, 7) is 2.98. The Hall–Kier alpha value is -1.43. The summed E-state index contributed by atoms with van der Waals surface area (Å²) in [5.74, 6) is -0.964. The van der Waals surface area contributed by atoms with Gasteiger partial charge in [0.2, 0.25) is 0 Å². The normalized spacial score (nSPS) is 12.6. The Morgan fingerprint density at radius 3 is 2.74 bits per heavy atom. The van der Waals surface area contributed by atoms with E-state index in [1.54, 1.807) is 0 Å². The average molecular weight is 265 g/mol. The first kappa shape index (κ1) is 15.6. The predicted molar refractivity (Wildman–Crippen MR) is 75.9 cm³/mol. The molecule has 4 N–H and O–H groups in total. The highest BCUT2D eigenvalue weighted by Gasteiger charge is 2.09. The van der Waals surface area contributed by atoms with E-state index in [0.717, 1.165) is 26.1 Å². The summed E-state index contributed by atoms with van der Waals surface area (Å²) in [5, 5.41) is 11.7. The number of carboxylic acid groups (broad SMARTS) is 1. The average Bonchev–Trinajstić information content (AvgIpc) is 2.39. The van der Waals surface area contributed by atoms with Crippen LogP contribution in [0.4, 0.5) is 0 Å². The molecule has 0 radical (unpaired) electrons. The molecule has 1 aromatic carbocycles. The summed E-state index contributed by atoms with van der Waals surface area (Å²) < 4.78 is 0. The summed E-state index contributed by atoms with van der Waals surface area (Å²) in [4.78, 5) is 12.7. The molecule has 0 amide bonds. The smallest absolute Gasteiger partial charge is 0.321 e. The fourth-order valence-corrected chi connectivity index (χ4v) is 1.79. The lowest BCUT2D eigenvalue weighted by molar-refractivity contribution is -0.138. The van der Waals surface area contributed by atoms with Crippen LogP contribution in [0.3, 0.4) is 0 Å². The first-order valence-electron chi connectivity index (χ1n) is 6.51. The van der Waals surface area contributed by atoms with Crippen molar-refractivity contribution in [1.82, 2.24) is 10.2 Å². The van der Waals surface area contributed by atoms with Gasteiger partial charge in [0.1, 0.15) is 6.04 Å².